The SMILES string of the molecule is COC[C@@H]1CN(Cc2ccco2)CC12CCN(Cc1ccccc1F)CC2. The normalized spacial score (nSPS) is 23.3. The smallest absolute Gasteiger partial charge is 0.127 e. The van der Waals surface area contributed by atoms with Gasteiger partial charge in [0.2, 0.25) is 0 Å². The molecule has 0 saturated carbocycles. The molecule has 2 fully saturated rings. The van der Waals surface area contributed by atoms with Crippen LogP contribution in [0.5, 0.6) is 0 Å². The van der Waals surface area contributed by atoms with Gasteiger partial charge in [-0.3, -0.25) is 9.80 Å². The van der Waals surface area contributed by atoms with Crippen LogP contribution in [0, 0.1) is 17.2 Å². The number of halogens is 1. The van der Waals surface area contributed by atoms with Gasteiger partial charge >= 0.3 is 0 Å². The lowest BCUT2D eigenvalue weighted by Crippen LogP contribution is -2.45. The lowest BCUT2D eigenvalue weighted by molar-refractivity contribution is 0.0347. The van der Waals surface area contributed by atoms with Gasteiger partial charge in [0.25, 0.3) is 0 Å². The Bertz CT molecular complexity index is 726. The van der Waals surface area contributed by atoms with E-state index in [1.54, 1.807) is 25.5 Å². The number of nitrogens with zero attached hydrogens (tertiary/aromatic N) is 2. The van der Waals surface area contributed by atoms with Crippen LogP contribution in [0.15, 0.2) is 47.1 Å². The van der Waals surface area contributed by atoms with E-state index < -0.39 is 0 Å². The summed E-state index contributed by atoms with van der Waals surface area (Å²) in [4.78, 5) is 4.90. The molecule has 4 nitrogen and oxygen atoms in total. The van der Waals surface area contributed by atoms with Gasteiger partial charge in [-0.2, -0.15) is 0 Å². The fraction of sp³-hybridized carbons (Fsp3) is 0.545. The quantitative estimate of drug-likeness (QED) is 0.772. The largest absolute Gasteiger partial charge is 0.468 e. The summed E-state index contributed by atoms with van der Waals surface area (Å²) in [5.41, 5.74) is 1.10. The number of likely N-dealkylation sites (tertiary alicyclic amines) is 2. The van der Waals surface area contributed by atoms with Crippen molar-refractivity contribution in [2.24, 2.45) is 11.3 Å². The minimum absolute atomic E-state index is 0.0967. The molecule has 2 saturated heterocycles. The first-order valence-corrected chi connectivity index (χ1v) is 9.88. The Morgan fingerprint density at radius 1 is 1.11 bits per heavy atom. The molecule has 0 aliphatic carbocycles. The molecule has 0 amide bonds. The molecule has 2 aliphatic rings. The highest BCUT2D eigenvalue weighted by Crippen LogP contribution is 2.45. The molecule has 0 N–H and O–H groups in total. The summed E-state index contributed by atoms with van der Waals surface area (Å²) < 4.78 is 25.1. The van der Waals surface area contributed by atoms with Crippen molar-refractivity contribution in [2.75, 3.05) is 39.9 Å². The first-order valence-electron chi connectivity index (χ1n) is 9.88. The van der Waals surface area contributed by atoms with Gasteiger partial charge in [-0.05, 0) is 49.5 Å². The molecule has 0 unspecified atom stereocenters. The number of hydrogen-bond acceptors (Lipinski definition) is 4. The molecule has 146 valence electrons. The number of methoxy groups -OCH3 is 1. The van der Waals surface area contributed by atoms with E-state index in [0.717, 1.165) is 63.5 Å². The minimum atomic E-state index is -0.0967. The van der Waals surface area contributed by atoms with Gasteiger partial charge in [-0.15, -0.1) is 0 Å². The van der Waals surface area contributed by atoms with Crippen LogP contribution >= 0.6 is 0 Å². The number of benzene rings is 1. The van der Waals surface area contributed by atoms with Crippen molar-refractivity contribution in [3.63, 3.8) is 0 Å². The lowest BCUT2D eigenvalue weighted by atomic mass is 9.71. The molecular formula is C22H29FN2O2. The van der Waals surface area contributed by atoms with E-state index in [-0.39, 0.29) is 5.82 Å². The third-order valence-corrected chi connectivity index (χ3v) is 6.41. The maximum absolute atomic E-state index is 14.0. The lowest BCUT2D eigenvalue weighted by Gasteiger charge is -2.42. The number of hydrogen-bond donors (Lipinski definition) is 0. The number of ether oxygens (including phenoxy) is 1. The van der Waals surface area contributed by atoms with Gasteiger partial charge in [0, 0.05) is 38.2 Å². The molecule has 4 rings (SSSR count). The fourth-order valence-corrected chi connectivity index (χ4v) is 4.91. The van der Waals surface area contributed by atoms with Crippen LogP contribution in [0.3, 0.4) is 0 Å². The molecule has 1 atom stereocenters. The van der Waals surface area contributed by atoms with E-state index in [1.165, 1.54) is 0 Å². The van der Waals surface area contributed by atoms with Crippen LogP contribution < -0.4 is 0 Å². The standard InChI is InChI=1S/C22H29FN2O2/c1-26-16-19-14-25(15-20-6-4-12-27-20)17-22(19)8-10-24(11-9-22)13-18-5-2-3-7-21(18)23/h2-7,12,19H,8-11,13-17H2,1H3/t19-/m0/s1. The van der Waals surface area contributed by atoms with Gasteiger partial charge in [-0.25, -0.2) is 4.39 Å². The van der Waals surface area contributed by atoms with Crippen LogP contribution in [-0.4, -0.2) is 49.7 Å². The predicted octanol–water partition coefficient (Wildman–Crippen LogP) is 3.78. The number of piperidine rings is 1. The Morgan fingerprint density at radius 2 is 1.93 bits per heavy atom. The van der Waals surface area contributed by atoms with Gasteiger partial charge in [0.15, 0.2) is 0 Å². The average Bonchev–Trinajstić information content (AvgIpc) is 3.28. The summed E-state index contributed by atoms with van der Waals surface area (Å²) in [6.45, 7) is 6.56. The third-order valence-electron chi connectivity index (χ3n) is 6.41. The third kappa shape index (κ3) is 4.10. The van der Waals surface area contributed by atoms with Crippen molar-refractivity contribution in [1.29, 1.82) is 0 Å². The first-order chi connectivity index (χ1) is 13.2. The Hall–Kier alpha value is -1.69. The molecule has 0 radical (unpaired) electrons. The molecule has 2 aromatic rings. The van der Waals surface area contributed by atoms with E-state index in [0.29, 0.717) is 17.9 Å². The Morgan fingerprint density at radius 3 is 2.63 bits per heavy atom. The Labute approximate surface area is 160 Å². The molecule has 1 aromatic carbocycles. The maximum atomic E-state index is 14.0. The molecule has 1 aromatic heterocycles. The summed E-state index contributed by atoms with van der Waals surface area (Å²) in [5.74, 6) is 1.48. The highest BCUT2D eigenvalue weighted by molar-refractivity contribution is 5.17. The van der Waals surface area contributed by atoms with Crippen molar-refractivity contribution >= 4 is 0 Å². The van der Waals surface area contributed by atoms with Gasteiger partial charge in [0.05, 0.1) is 19.4 Å². The van der Waals surface area contributed by atoms with Gasteiger partial charge in [-0.1, -0.05) is 18.2 Å². The number of furan rings is 1. The van der Waals surface area contributed by atoms with Crippen molar-refractivity contribution in [2.45, 2.75) is 25.9 Å². The highest BCUT2D eigenvalue weighted by Gasteiger charge is 2.47. The fourth-order valence-electron chi connectivity index (χ4n) is 4.91. The average molecular weight is 372 g/mol. The van der Waals surface area contributed by atoms with Gasteiger partial charge in [0.1, 0.15) is 11.6 Å². The van der Waals surface area contributed by atoms with Crippen molar-refractivity contribution in [3.05, 3.63) is 59.8 Å². The zero-order chi connectivity index (χ0) is 18.7. The molecular weight excluding hydrogens is 343 g/mol. The van der Waals surface area contributed by atoms with Crippen LogP contribution in [0.4, 0.5) is 4.39 Å². The molecule has 3 heterocycles. The monoisotopic (exact) mass is 372 g/mol. The van der Waals surface area contributed by atoms with E-state index in [9.17, 15) is 4.39 Å². The zero-order valence-electron chi connectivity index (χ0n) is 16.1. The molecule has 2 aliphatic heterocycles. The van der Waals surface area contributed by atoms with E-state index in [4.69, 9.17) is 9.15 Å². The molecule has 27 heavy (non-hydrogen) atoms. The summed E-state index contributed by atoms with van der Waals surface area (Å²) in [6.07, 6.45) is 4.03. The highest BCUT2D eigenvalue weighted by atomic mass is 19.1. The summed E-state index contributed by atoms with van der Waals surface area (Å²) in [5, 5.41) is 0. The minimum Gasteiger partial charge on any atom is -0.468 e. The van der Waals surface area contributed by atoms with Crippen LogP contribution in [0.1, 0.15) is 24.2 Å². The van der Waals surface area contributed by atoms with Crippen LogP contribution in [0.2, 0.25) is 0 Å². The predicted molar refractivity (Wildman–Crippen MR) is 103 cm³/mol. The van der Waals surface area contributed by atoms with Crippen molar-refractivity contribution < 1.29 is 13.5 Å². The zero-order valence-corrected chi connectivity index (χ0v) is 16.1. The number of rotatable bonds is 6. The summed E-state index contributed by atoms with van der Waals surface area (Å²) >= 11 is 0. The molecule has 5 heteroatoms. The van der Waals surface area contributed by atoms with Crippen LogP contribution in [-0.2, 0) is 17.8 Å². The summed E-state index contributed by atoms with van der Waals surface area (Å²) in [7, 11) is 1.80. The van der Waals surface area contributed by atoms with E-state index in [2.05, 4.69) is 9.80 Å². The second kappa shape index (κ2) is 8.13. The van der Waals surface area contributed by atoms with Crippen LogP contribution in [0.25, 0.3) is 0 Å². The molecule has 1 spiro atoms. The summed E-state index contributed by atoms with van der Waals surface area (Å²) in [6, 6.07) is 11.1. The van der Waals surface area contributed by atoms with E-state index >= 15 is 0 Å². The maximum Gasteiger partial charge on any atom is 0.127 e. The Balaban J connectivity index is 1.39. The molecule has 0 bridgehead atoms. The first kappa shape index (κ1) is 18.7. The Kier molecular flexibility index (Phi) is 5.62. The second-order valence-electron chi connectivity index (χ2n) is 8.13. The van der Waals surface area contributed by atoms with Crippen molar-refractivity contribution in [3.8, 4) is 0 Å². The van der Waals surface area contributed by atoms with Crippen molar-refractivity contribution in [1.82, 2.24) is 9.80 Å². The van der Waals surface area contributed by atoms with E-state index in [1.807, 2.05) is 24.3 Å². The van der Waals surface area contributed by atoms with Gasteiger partial charge < -0.3 is 9.15 Å². The second-order valence-corrected chi connectivity index (χ2v) is 8.13. The topological polar surface area (TPSA) is 28.9 Å².